The van der Waals surface area contributed by atoms with Crippen molar-refractivity contribution in [1.29, 1.82) is 0 Å². The number of ketones is 1. The number of hydrogen-bond acceptors (Lipinski definition) is 3. The normalized spacial score (nSPS) is 11.0. The van der Waals surface area contributed by atoms with Gasteiger partial charge in [-0.05, 0) is 35.9 Å². The minimum Gasteiger partial charge on any atom is -0.388 e. The Morgan fingerprint density at radius 3 is 2.62 bits per heavy atom. The summed E-state index contributed by atoms with van der Waals surface area (Å²) in [5.74, 6) is 0.0119. The lowest BCUT2D eigenvalue weighted by atomic mass is 10.0. The molecule has 0 bridgehead atoms. The third-order valence-corrected chi connectivity index (χ3v) is 4.27. The quantitative estimate of drug-likeness (QED) is 0.544. The summed E-state index contributed by atoms with van der Waals surface area (Å²) in [5.41, 5.74) is 3.95. The Hall–Kier alpha value is -3.31. The predicted molar refractivity (Wildman–Crippen MR) is 98.3 cm³/mol. The van der Waals surface area contributed by atoms with Crippen LogP contribution in [0.3, 0.4) is 0 Å². The monoisotopic (exact) mass is 346 g/mol. The lowest BCUT2D eigenvalue weighted by Crippen LogP contribution is -2.03. The first-order chi connectivity index (χ1) is 12.7. The van der Waals surface area contributed by atoms with Crippen LogP contribution in [0.1, 0.15) is 10.4 Å². The molecule has 0 aliphatic rings. The number of fused-ring (bicyclic) bond motifs is 1. The smallest absolute Gasteiger partial charge is 0.188 e. The number of Topliss-reactive ketones (excluding diaryl/α,β-unsaturated/α-hetero) is 1. The number of carbonyl (C=O) groups excluding carboxylic acids is 1. The summed E-state index contributed by atoms with van der Waals surface area (Å²) < 4.78 is 14.1. The molecule has 0 aliphatic heterocycles. The van der Waals surface area contributed by atoms with Gasteiger partial charge in [0.05, 0.1) is 11.0 Å². The summed E-state index contributed by atoms with van der Waals surface area (Å²) in [6.07, 6.45) is 0. The van der Waals surface area contributed by atoms with Crippen molar-refractivity contribution in [3.05, 3.63) is 78.1 Å². The van der Waals surface area contributed by atoms with E-state index in [0.717, 1.165) is 11.1 Å². The number of H-pyrrole nitrogens is 1. The fourth-order valence-electron chi connectivity index (χ4n) is 2.94. The van der Waals surface area contributed by atoms with Crippen LogP contribution in [-0.2, 0) is 0 Å². The molecular weight excluding hydrogens is 331 g/mol. The number of carbonyl (C=O) groups is 1. The molecule has 4 nitrogen and oxygen atoms in total. The molecule has 1 heterocycles. The van der Waals surface area contributed by atoms with Crippen molar-refractivity contribution in [2.24, 2.45) is 0 Å². The van der Waals surface area contributed by atoms with Gasteiger partial charge in [-0.2, -0.15) is 0 Å². The summed E-state index contributed by atoms with van der Waals surface area (Å²) in [4.78, 5) is 19.4. The first-order valence-electron chi connectivity index (χ1n) is 8.15. The summed E-state index contributed by atoms with van der Waals surface area (Å²) in [6, 6.07) is 19.1. The zero-order chi connectivity index (χ0) is 18.1. The van der Waals surface area contributed by atoms with Gasteiger partial charge in [0.2, 0.25) is 0 Å². The van der Waals surface area contributed by atoms with E-state index in [1.165, 1.54) is 6.07 Å². The number of nitrogens with zero attached hydrogens (tertiary/aromatic N) is 1. The van der Waals surface area contributed by atoms with Crippen molar-refractivity contribution in [2.45, 2.75) is 0 Å². The minimum atomic E-state index is -0.531. The van der Waals surface area contributed by atoms with E-state index in [0.29, 0.717) is 28.0 Å². The molecule has 4 aromatic rings. The first-order valence-corrected chi connectivity index (χ1v) is 8.15. The molecule has 0 amide bonds. The molecule has 2 N–H and O–H groups in total. The summed E-state index contributed by atoms with van der Waals surface area (Å²) in [7, 11) is 0. The van der Waals surface area contributed by atoms with Gasteiger partial charge >= 0.3 is 0 Å². The van der Waals surface area contributed by atoms with Gasteiger partial charge in [0, 0.05) is 16.7 Å². The number of aliphatic hydroxyl groups is 1. The highest BCUT2D eigenvalue weighted by Crippen LogP contribution is 2.28. The summed E-state index contributed by atoms with van der Waals surface area (Å²) >= 11 is 0. The molecule has 0 atom stereocenters. The van der Waals surface area contributed by atoms with Crippen LogP contribution in [0.5, 0.6) is 0 Å². The van der Waals surface area contributed by atoms with Crippen molar-refractivity contribution < 1.29 is 14.3 Å². The van der Waals surface area contributed by atoms with E-state index in [-0.39, 0.29) is 11.6 Å². The number of aromatic nitrogens is 2. The predicted octanol–water partition coefficient (Wildman–Crippen LogP) is 4.21. The molecule has 0 spiro atoms. The minimum absolute atomic E-state index is 0.276. The first kappa shape index (κ1) is 16.2. The van der Waals surface area contributed by atoms with Crippen LogP contribution >= 0.6 is 0 Å². The molecule has 0 saturated carbocycles. The van der Waals surface area contributed by atoms with Gasteiger partial charge < -0.3 is 10.1 Å². The molecule has 0 fully saturated rings. The van der Waals surface area contributed by atoms with Gasteiger partial charge in [0.15, 0.2) is 5.78 Å². The fourth-order valence-corrected chi connectivity index (χ4v) is 2.94. The largest absolute Gasteiger partial charge is 0.388 e. The third kappa shape index (κ3) is 2.89. The second kappa shape index (κ2) is 6.54. The lowest BCUT2D eigenvalue weighted by molar-refractivity contribution is 0.0904. The number of nitrogens with one attached hydrogen (secondary N) is 1. The van der Waals surface area contributed by atoms with Gasteiger partial charge in [0.1, 0.15) is 18.2 Å². The SMILES string of the molecule is O=C(CO)c1ccc2nc(-c3cccc(-c4ccccc4F)c3)[nH]c2c1. The highest BCUT2D eigenvalue weighted by molar-refractivity contribution is 5.99. The molecule has 0 unspecified atom stereocenters. The van der Waals surface area contributed by atoms with E-state index in [9.17, 15) is 9.18 Å². The van der Waals surface area contributed by atoms with Crippen LogP contribution < -0.4 is 0 Å². The van der Waals surface area contributed by atoms with Crippen LogP contribution in [0.15, 0.2) is 66.7 Å². The van der Waals surface area contributed by atoms with E-state index in [4.69, 9.17) is 5.11 Å². The molecule has 26 heavy (non-hydrogen) atoms. The molecule has 128 valence electrons. The second-order valence-corrected chi connectivity index (χ2v) is 5.96. The maximum absolute atomic E-state index is 14.1. The lowest BCUT2D eigenvalue weighted by Gasteiger charge is -2.05. The van der Waals surface area contributed by atoms with Crippen LogP contribution in [0.2, 0.25) is 0 Å². The van der Waals surface area contributed by atoms with E-state index < -0.39 is 6.61 Å². The van der Waals surface area contributed by atoms with Crippen molar-refractivity contribution in [2.75, 3.05) is 6.61 Å². The Morgan fingerprint density at radius 1 is 1.00 bits per heavy atom. The van der Waals surface area contributed by atoms with E-state index in [2.05, 4.69) is 9.97 Å². The molecule has 5 heteroatoms. The fraction of sp³-hybridized carbons (Fsp3) is 0.0476. The number of aliphatic hydroxyl groups excluding tert-OH is 1. The molecule has 1 aromatic heterocycles. The molecule has 0 radical (unpaired) electrons. The molecular formula is C21H15FN2O2. The number of halogens is 1. The second-order valence-electron chi connectivity index (χ2n) is 5.96. The summed E-state index contributed by atoms with van der Waals surface area (Å²) in [6.45, 7) is -0.531. The highest BCUT2D eigenvalue weighted by atomic mass is 19.1. The number of aromatic amines is 1. The molecule has 4 rings (SSSR count). The Bertz CT molecular complexity index is 1120. The maximum Gasteiger partial charge on any atom is 0.188 e. The average Bonchev–Trinajstić information content (AvgIpc) is 3.11. The highest BCUT2D eigenvalue weighted by Gasteiger charge is 2.11. The molecule has 0 aliphatic carbocycles. The number of rotatable bonds is 4. The van der Waals surface area contributed by atoms with Gasteiger partial charge in [-0.1, -0.05) is 36.4 Å². The number of benzene rings is 3. The van der Waals surface area contributed by atoms with Gasteiger partial charge in [-0.3, -0.25) is 4.79 Å². The van der Waals surface area contributed by atoms with E-state index in [1.807, 2.05) is 24.3 Å². The van der Waals surface area contributed by atoms with Crippen molar-refractivity contribution in [3.63, 3.8) is 0 Å². The van der Waals surface area contributed by atoms with E-state index >= 15 is 0 Å². The van der Waals surface area contributed by atoms with Crippen molar-refractivity contribution >= 4 is 16.8 Å². The maximum atomic E-state index is 14.1. The Labute approximate surface area is 149 Å². The van der Waals surface area contributed by atoms with E-state index in [1.54, 1.807) is 36.4 Å². The van der Waals surface area contributed by atoms with Crippen LogP contribution in [0, 0.1) is 5.82 Å². The topological polar surface area (TPSA) is 66.0 Å². The van der Waals surface area contributed by atoms with Crippen molar-refractivity contribution in [3.8, 4) is 22.5 Å². The summed E-state index contributed by atoms with van der Waals surface area (Å²) in [5, 5.41) is 9.00. The Morgan fingerprint density at radius 2 is 1.81 bits per heavy atom. The third-order valence-electron chi connectivity index (χ3n) is 4.27. The Balaban J connectivity index is 1.77. The number of hydrogen-bond donors (Lipinski definition) is 2. The zero-order valence-electron chi connectivity index (χ0n) is 13.7. The van der Waals surface area contributed by atoms with Crippen molar-refractivity contribution in [1.82, 2.24) is 9.97 Å². The van der Waals surface area contributed by atoms with Gasteiger partial charge in [-0.15, -0.1) is 0 Å². The van der Waals surface area contributed by atoms with Crippen LogP contribution in [0.25, 0.3) is 33.5 Å². The number of imidazole rings is 1. The van der Waals surface area contributed by atoms with Gasteiger partial charge in [-0.25, -0.2) is 9.37 Å². The molecule has 3 aromatic carbocycles. The molecule has 0 saturated heterocycles. The van der Waals surface area contributed by atoms with Gasteiger partial charge in [0.25, 0.3) is 0 Å². The van der Waals surface area contributed by atoms with Crippen LogP contribution in [-0.4, -0.2) is 27.5 Å². The van der Waals surface area contributed by atoms with Crippen LogP contribution in [0.4, 0.5) is 4.39 Å². The average molecular weight is 346 g/mol. The standard InChI is InChI=1S/C21H15FN2O2/c22-17-7-2-1-6-16(17)13-4-3-5-15(10-13)21-23-18-9-8-14(20(26)12-25)11-19(18)24-21/h1-11,25H,12H2,(H,23,24). The Kier molecular flexibility index (Phi) is 4.07. The zero-order valence-corrected chi connectivity index (χ0v) is 13.7.